The molecule has 1 aromatic rings. The van der Waals surface area contributed by atoms with Gasteiger partial charge in [-0.25, -0.2) is 0 Å². The van der Waals surface area contributed by atoms with Crippen LogP contribution >= 0.6 is 0 Å². The molecule has 0 spiro atoms. The van der Waals surface area contributed by atoms with Crippen molar-refractivity contribution in [3.8, 4) is 6.07 Å². The van der Waals surface area contributed by atoms with Gasteiger partial charge in [0, 0.05) is 25.3 Å². The van der Waals surface area contributed by atoms with Gasteiger partial charge in [0.15, 0.2) is 0 Å². The molecule has 1 aliphatic heterocycles. The number of likely N-dealkylation sites (N-methyl/N-ethyl adjacent to an activating group) is 2. The van der Waals surface area contributed by atoms with Gasteiger partial charge in [-0.05, 0) is 44.6 Å². The summed E-state index contributed by atoms with van der Waals surface area (Å²) in [6.07, 6.45) is -2.51. The molecule has 3 nitrogen and oxygen atoms in total. The van der Waals surface area contributed by atoms with E-state index in [4.69, 9.17) is 5.26 Å². The lowest BCUT2D eigenvalue weighted by molar-refractivity contribution is -0.137. The molecule has 114 valence electrons. The molecule has 2 rings (SSSR count). The molecule has 0 radical (unpaired) electrons. The zero-order chi connectivity index (χ0) is 15.6. The highest BCUT2D eigenvalue weighted by molar-refractivity contribution is 5.55. The number of piperidine rings is 1. The second kappa shape index (κ2) is 5.94. The van der Waals surface area contributed by atoms with Crippen LogP contribution in [0.4, 0.5) is 18.9 Å². The molecule has 0 aromatic heterocycles. The number of anilines is 1. The lowest BCUT2D eigenvalue weighted by atomic mass is 10.0. The van der Waals surface area contributed by atoms with Crippen LogP contribution in [0.15, 0.2) is 18.2 Å². The van der Waals surface area contributed by atoms with E-state index in [9.17, 15) is 13.2 Å². The Morgan fingerprint density at radius 3 is 2.67 bits per heavy atom. The predicted octanol–water partition coefficient (Wildman–Crippen LogP) is 3.11. The highest BCUT2D eigenvalue weighted by Crippen LogP contribution is 2.35. The Bertz CT molecular complexity index is 548. The van der Waals surface area contributed by atoms with E-state index in [0.717, 1.165) is 32.0 Å². The van der Waals surface area contributed by atoms with Crippen LogP contribution in [0.3, 0.4) is 0 Å². The minimum absolute atomic E-state index is 0.192. The Kier molecular flexibility index (Phi) is 4.43. The highest BCUT2D eigenvalue weighted by atomic mass is 19.4. The molecule has 1 atom stereocenters. The Labute approximate surface area is 122 Å². The van der Waals surface area contributed by atoms with Crippen LogP contribution in [0.5, 0.6) is 0 Å². The fourth-order valence-corrected chi connectivity index (χ4v) is 2.75. The van der Waals surface area contributed by atoms with Crippen molar-refractivity contribution in [1.29, 1.82) is 5.26 Å². The number of likely N-dealkylation sites (tertiary alicyclic amines) is 1. The minimum atomic E-state index is -4.51. The van der Waals surface area contributed by atoms with Gasteiger partial charge in [0.05, 0.1) is 17.2 Å². The summed E-state index contributed by atoms with van der Waals surface area (Å²) >= 11 is 0. The molecule has 1 heterocycles. The molecule has 1 saturated heterocycles. The molecule has 1 aliphatic rings. The van der Waals surface area contributed by atoms with E-state index < -0.39 is 11.7 Å². The molecule has 0 aliphatic carbocycles. The molecule has 0 amide bonds. The fourth-order valence-electron chi connectivity index (χ4n) is 2.75. The monoisotopic (exact) mass is 297 g/mol. The van der Waals surface area contributed by atoms with Gasteiger partial charge in [0.2, 0.25) is 0 Å². The third-order valence-corrected chi connectivity index (χ3v) is 3.98. The van der Waals surface area contributed by atoms with Crippen molar-refractivity contribution in [2.45, 2.75) is 25.1 Å². The van der Waals surface area contributed by atoms with E-state index in [-0.39, 0.29) is 11.6 Å². The average molecular weight is 297 g/mol. The number of nitrogens with zero attached hydrogens (tertiary/aromatic N) is 3. The Morgan fingerprint density at radius 1 is 1.38 bits per heavy atom. The van der Waals surface area contributed by atoms with E-state index in [1.54, 1.807) is 12.1 Å². The van der Waals surface area contributed by atoms with Crippen molar-refractivity contribution in [2.75, 3.05) is 32.1 Å². The van der Waals surface area contributed by atoms with Crippen molar-refractivity contribution >= 4 is 5.69 Å². The number of halogens is 3. The van der Waals surface area contributed by atoms with Crippen molar-refractivity contribution in [1.82, 2.24) is 4.90 Å². The summed E-state index contributed by atoms with van der Waals surface area (Å²) < 4.78 is 39.0. The summed E-state index contributed by atoms with van der Waals surface area (Å²) in [5.41, 5.74) is -0.694. The van der Waals surface area contributed by atoms with Gasteiger partial charge in [-0.1, -0.05) is 0 Å². The van der Waals surface area contributed by atoms with Gasteiger partial charge in [-0.3, -0.25) is 0 Å². The third kappa shape index (κ3) is 3.48. The smallest absolute Gasteiger partial charge is 0.370 e. The van der Waals surface area contributed by atoms with Crippen molar-refractivity contribution < 1.29 is 13.2 Å². The maximum absolute atomic E-state index is 13.0. The first kappa shape index (κ1) is 15.6. The standard InChI is InChI=1S/C15H18F3N3/c1-20-7-3-4-13(10-20)21(2)12-6-5-11(9-19)14(8-12)15(16,17)18/h5-6,8,13H,3-4,7,10H2,1-2H3. The highest BCUT2D eigenvalue weighted by Gasteiger charge is 2.34. The second-order valence-electron chi connectivity index (χ2n) is 5.51. The maximum atomic E-state index is 13.0. The third-order valence-electron chi connectivity index (χ3n) is 3.98. The quantitative estimate of drug-likeness (QED) is 0.840. The molecule has 1 aromatic carbocycles. The van der Waals surface area contributed by atoms with E-state index in [1.165, 1.54) is 6.07 Å². The largest absolute Gasteiger partial charge is 0.417 e. The molecular weight excluding hydrogens is 279 g/mol. The molecule has 6 heteroatoms. The van der Waals surface area contributed by atoms with E-state index in [2.05, 4.69) is 4.90 Å². The van der Waals surface area contributed by atoms with Crippen molar-refractivity contribution in [2.24, 2.45) is 0 Å². The van der Waals surface area contributed by atoms with Gasteiger partial charge in [0.25, 0.3) is 0 Å². The van der Waals surface area contributed by atoms with Crippen LogP contribution in [0.25, 0.3) is 0 Å². The summed E-state index contributed by atoms with van der Waals surface area (Å²) in [7, 11) is 3.82. The van der Waals surface area contributed by atoms with Crippen molar-refractivity contribution in [3.63, 3.8) is 0 Å². The lowest BCUT2D eigenvalue weighted by Crippen LogP contribution is -2.45. The minimum Gasteiger partial charge on any atom is -0.370 e. The Hall–Kier alpha value is -1.74. The second-order valence-corrected chi connectivity index (χ2v) is 5.51. The summed E-state index contributed by atoms with van der Waals surface area (Å²) in [6, 6.07) is 5.71. The maximum Gasteiger partial charge on any atom is 0.417 e. The first-order valence-electron chi connectivity index (χ1n) is 6.85. The fraction of sp³-hybridized carbons (Fsp3) is 0.533. The van der Waals surface area contributed by atoms with E-state index in [1.807, 2.05) is 19.0 Å². The van der Waals surface area contributed by atoms with Crippen LogP contribution in [0.1, 0.15) is 24.0 Å². The van der Waals surface area contributed by atoms with Gasteiger partial charge in [0.1, 0.15) is 0 Å². The van der Waals surface area contributed by atoms with Crippen LogP contribution < -0.4 is 4.90 Å². The summed E-state index contributed by atoms with van der Waals surface area (Å²) in [4.78, 5) is 4.06. The molecule has 21 heavy (non-hydrogen) atoms. The lowest BCUT2D eigenvalue weighted by Gasteiger charge is -2.37. The first-order chi connectivity index (χ1) is 9.82. The summed E-state index contributed by atoms with van der Waals surface area (Å²) in [5, 5.41) is 8.82. The predicted molar refractivity (Wildman–Crippen MR) is 75.1 cm³/mol. The number of hydrogen-bond donors (Lipinski definition) is 0. The van der Waals surface area contributed by atoms with Gasteiger partial charge < -0.3 is 9.80 Å². The van der Waals surface area contributed by atoms with Crippen LogP contribution in [-0.4, -0.2) is 38.1 Å². The van der Waals surface area contributed by atoms with Crippen molar-refractivity contribution in [3.05, 3.63) is 29.3 Å². The molecular formula is C15H18F3N3. The molecule has 0 N–H and O–H groups in total. The van der Waals surface area contributed by atoms with Crippen LogP contribution in [0.2, 0.25) is 0 Å². The van der Waals surface area contributed by atoms with Gasteiger partial charge in [-0.15, -0.1) is 0 Å². The van der Waals surface area contributed by atoms with Gasteiger partial charge in [-0.2, -0.15) is 18.4 Å². The van der Waals surface area contributed by atoms with Crippen LogP contribution in [0, 0.1) is 11.3 Å². The molecule has 1 unspecified atom stereocenters. The van der Waals surface area contributed by atoms with Gasteiger partial charge >= 0.3 is 6.18 Å². The SMILES string of the molecule is CN1CCCC(N(C)c2ccc(C#N)c(C(F)(F)F)c2)C1. The molecule has 1 fully saturated rings. The number of benzene rings is 1. The first-order valence-corrected chi connectivity index (χ1v) is 6.85. The normalized spacial score (nSPS) is 20.1. The number of rotatable bonds is 2. The van der Waals surface area contributed by atoms with E-state index in [0.29, 0.717) is 5.69 Å². The number of nitriles is 1. The van der Waals surface area contributed by atoms with Crippen LogP contribution in [-0.2, 0) is 6.18 Å². The zero-order valence-corrected chi connectivity index (χ0v) is 12.1. The summed E-state index contributed by atoms with van der Waals surface area (Å²) in [5.74, 6) is 0. The zero-order valence-electron chi connectivity index (χ0n) is 12.1. The topological polar surface area (TPSA) is 30.3 Å². The molecule has 0 bridgehead atoms. The molecule has 0 saturated carbocycles. The summed E-state index contributed by atoms with van der Waals surface area (Å²) in [6.45, 7) is 1.85. The Balaban J connectivity index is 2.30. The Morgan fingerprint density at radius 2 is 2.10 bits per heavy atom. The number of alkyl halides is 3. The number of hydrogen-bond acceptors (Lipinski definition) is 3. The van der Waals surface area contributed by atoms with E-state index >= 15 is 0 Å². The average Bonchev–Trinajstić information content (AvgIpc) is 2.45.